The van der Waals surface area contributed by atoms with Crippen LogP contribution in [0.5, 0.6) is 11.5 Å². The summed E-state index contributed by atoms with van der Waals surface area (Å²) in [6.45, 7) is 1.93. The summed E-state index contributed by atoms with van der Waals surface area (Å²) >= 11 is 2.71. The standard InChI is InChI=1S/C28H26FN3O4S2/c1-4-25(38-19-9-7-8-18(15-19)30-26(33)20-10-5-6-11-21(20)29)27(34)32-28-31-22(16-37-28)17-12-13-23(35-2)24(14-17)36-3/h5-16,25H,4H2,1-3H3,(H,30,33)(H,31,32,34). The number of nitrogens with zero attached hydrogens (tertiary/aromatic N) is 1. The van der Waals surface area contributed by atoms with Gasteiger partial charge in [-0.05, 0) is 55.0 Å². The van der Waals surface area contributed by atoms with Crippen LogP contribution in [0.15, 0.2) is 77.0 Å². The monoisotopic (exact) mass is 551 g/mol. The Hall–Kier alpha value is -3.89. The van der Waals surface area contributed by atoms with Gasteiger partial charge in [0.2, 0.25) is 5.91 Å². The van der Waals surface area contributed by atoms with E-state index in [0.717, 1.165) is 10.5 Å². The van der Waals surface area contributed by atoms with Crippen molar-refractivity contribution in [2.45, 2.75) is 23.5 Å². The average molecular weight is 552 g/mol. The highest BCUT2D eigenvalue weighted by molar-refractivity contribution is 8.00. The maximum atomic E-state index is 13.9. The number of anilines is 2. The molecule has 1 aromatic heterocycles. The second kappa shape index (κ2) is 12.6. The summed E-state index contributed by atoms with van der Waals surface area (Å²) in [6, 6.07) is 18.4. The molecule has 38 heavy (non-hydrogen) atoms. The molecule has 0 saturated heterocycles. The molecule has 3 aromatic carbocycles. The number of amides is 2. The van der Waals surface area contributed by atoms with Crippen molar-refractivity contribution in [1.29, 1.82) is 0 Å². The van der Waals surface area contributed by atoms with Gasteiger partial charge in [0.25, 0.3) is 5.91 Å². The number of carbonyl (C=O) groups excluding carboxylic acids is 2. The van der Waals surface area contributed by atoms with Gasteiger partial charge in [-0.15, -0.1) is 23.1 Å². The molecule has 4 rings (SSSR count). The quantitative estimate of drug-likeness (QED) is 0.213. The van der Waals surface area contributed by atoms with Crippen molar-refractivity contribution in [3.05, 3.63) is 83.5 Å². The zero-order chi connectivity index (χ0) is 27.1. The first-order chi connectivity index (χ1) is 18.4. The van der Waals surface area contributed by atoms with Gasteiger partial charge >= 0.3 is 0 Å². The van der Waals surface area contributed by atoms with Crippen LogP contribution in [0.3, 0.4) is 0 Å². The Bertz CT molecular complexity index is 1440. The Morgan fingerprint density at radius 3 is 2.53 bits per heavy atom. The molecule has 0 aliphatic heterocycles. The second-order valence-electron chi connectivity index (χ2n) is 8.07. The summed E-state index contributed by atoms with van der Waals surface area (Å²) in [4.78, 5) is 30.9. The summed E-state index contributed by atoms with van der Waals surface area (Å²) in [6.07, 6.45) is 0.580. The Labute approximate surface area is 228 Å². The van der Waals surface area contributed by atoms with E-state index in [2.05, 4.69) is 15.6 Å². The van der Waals surface area contributed by atoms with Gasteiger partial charge in [-0.2, -0.15) is 0 Å². The number of thiazole rings is 1. The van der Waals surface area contributed by atoms with Gasteiger partial charge in [0, 0.05) is 21.5 Å². The highest BCUT2D eigenvalue weighted by Gasteiger charge is 2.20. The van der Waals surface area contributed by atoms with E-state index in [1.165, 1.54) is 41.3 Å². The number of aromatic nitrogens is 1. The predicted molar refractivity (Wildman–Crippen MR) is 150 cm³/mol. The smallest absolute Gasteiger partial charge is 0.258 e. The third-order valence-electron chi connectivity index (χ3n) is 5.57. The minimum Gasteiger partial charge on any atom is -0.493 e. The maximum Gasteiger partial charge on any atom is 0.258 e. The summed E-state index contributed by atoms with van der Waals surface area (Å²) < 4.78 is 24.6. The molecule has 0 aliphatic carbocycles. The molecular formula is C28H26FN3O4S2. The number of hydrogen-bond donors (Lipinski definition) is 2. The van der Waals surface area contributed by atoms with E-state index >= 15 is 0 Å². The molecule has 2 amide bonds. The summed E-state index contributed by atoms with van der Waals surface area (Å²) in [5.41, 5.74) is 2.03. The molecule has 0 saturated carbocycles. The summed E-state index contributed by atoms with van der Waals surface area (Å²) in [7, 11) is 3.15. The van der Waals surface area contributed by atoms with Gasteiger partial charge in [-0.3, -0.25) is 9.59 Å². The van der Waals surface area contributed by atoms with E-state index in [9.17, 15) is 14.0 Å². The number of rotatable bonds is 10. The molecule has 4 aromatic rings. The normalized spacial score (nSPS) is 11.5. The van der Waals surface area contributed by atoms with Gasteiger partial charge in [0.15, 0.2) is 16.6 Å². The van der Waals surface area contributed by atoms with Crippen LogP contribution in [0.4, 0.5) is 15.2 Å². The fraction of sp³-hybridized carbons (Fsp3) is 0.179. The lowest BCUT2D eigenvalue weighted by Gasteiger charge is -2.14. The van der Waals surface area contributed by atoms with Crippen molar-refractivity contribution >= 4 is 45.7 Å². The Morgan fingerprint density at radius 1 is 1.00 bits per heavy atom. The van der Waals surface area contributed by atoms with Gasteiger partial charge in [0.1, 0.15) is 5.82 Å². The van der Waals surface area contributed by atoms with Crippen LogP contribution in [0.2, 0.25) is 0 Å². The molecule has 0 aliphatic rings. The first-order valence-electron chi connectivity index (χ1n) is 11.7. The minimum absolute atomic E-state index is 0.0349. The van der Waals surface area contributed by atoms with E-state index in [1.54, 1.807) is 38.5 Å². The van der Waals surface area contributed by atoms with Gasteiger partial charge in [-0.1, -0.05) is 25.1 Å². The molecule has 1 unspecified atom stereocenters. The largest absolute Gasteiger partial charge is 0.493 e. The minimum atomic E-state index is -0.588. The van der Waals surface area contributed by atoms with Crippen LogP contribution in [0.25, 0.3) is 11.3 Å². The molecule has 0 spiro atoms. The molecule has 0 bridgehead atoms. The summed E-state index contributed by atoms with van der Waals surface area (Å²) in [5, 5.41) is 7.60. The lowest BCUT2D eigenvalue weighted by molar-refractivity contribution is -0.115. The van der Waals surface area contributed by atoms with Crippen molar-refractivity contribution in [3.8, 4) is 22.8 Å². The number of hydrogen-bond acceptors (Lipinski definition) is 7. The van der Waals surface area contributed by atoms with Gasteiger partial charge < -0.3 is 20.1 Å². The summed E-state index contributed by atoms with van der Waals surface area (Å²) in [5.74, 6) is -0.0812. The number of methoxy groups -OCH3 is 2. The van der Waals surface area contributed by atoms with E-state index in [1.807, 2.05) is 36.6 Å². The molecule has 10 heteroatoms. The van der Waals surface area contributed by atoms with Crippen LogP contribution in [0.1, 0.15) is 23.7 Å². The fourth-order valence-corrected chi connectivity index (χ4v) is 5.36. The lowest BCUT2D eigenvalue weighted by Crippen LogP contribution is -2.24. The zero-order valence-electron chi connectivity index (χ0n) is 21.0. The molecule has 1 atom stereocenters. The third-order valence-corrected chi connectivity index (χ3v) is 7.68. The van der Waals surface area contributed by atoms with Crippen molar-refractivity contribution in [2.24, 2.45) is 0 Å². The second-order valence-corrected chi connectivity index (χ2v) is 10.2. The van der Waals surface area contributed by atoms with Crippen molar-refractivity contribution in [2.75, 3.05) is 24.9 Å². The Morgan fingerprint density at radius 2 is 1.79 bits per heavy atom. The number of benzene rings is 3. The molecule has 7 nitrogen and oxygen atoms in total. The Kier molecular flexibility index (Phi) is 8.98. The maximum absolute atomic E-state index is 13.9. The van der Waals surface area contributed by atoms with E-state index in [4.69, 9.17) is 9.47 Å². The van der Waals surface area contributed by atoms with E-state index in [-0.39, 0.29) is 16.7 Å². The first-order valence-corrected chi connectivity index (χ1v) is 13.5. The topological polar surface area (TPSA) is 89.6 Å². The van der Waals surface area contributed by atoms with Crippen LogP contribution in [-0.2, 0) is 4.79 Å². The zero-order valence-corrected chi connectivity index (χ0v) is 22.6. The van der Waals surface area contributed by atoms with E-state index < -0.39 is 11.7 Å². The SMILES string of the molecule is CCC(Sc1cccc(NC(=O)c2ccccc2F)c1)C(=O)Nc1nc(-c2ccc(OC)c(OC)c2)cs1. The van der Waals surface area contributed by atoms with Crippen LogP contribution < -0.4 is 20.1 Å². The molecule has 0 fully saturated rings. The molecule has 2 N–H and O–H groups in total. The number of carbonyl (C=O) groups is 2. The molecule has 1 heterocycles. The number of halogens is 1. The van der Waals surface area contributed by atoms with E-state index in [0.29, 0.717) is 34.4 Å². The van der Waals surface area contributed by atoms with Gasteiger partial charge in [0.05, 0.1) is 30.7 Å². The van der Waals surface area contributed by atoms with Crippen LogP contribution in [-0.4, -0.2) is 36.3 Å². The highest BCUT2D eigenvalue weighted by atomic mass is 32.2. The van der Waals surface area contributed by atoms with Crippen molar-refractivity contribution in [3.63, 3.8) is 0 Å². The Balaban J connectivity index is 1.41. The molecule has 0 radical (unpaired) electrons. The number of thioether (sulfide) groups is 1. The van der Waals surface area contributed by atoms with Crippen molar-refractivity contribution < 1.29 is 23.5 Å². The molecular weight excluding hydrogens is 525 g/mol. The van der Waals surface area contributed by atoms with Crippen LogP contribution >= 0.6 is 23.1 Å². The average Bonchev–Trinajstić information content (AvgIpc) is 3.40. The number of ether oxygens (including phenoxy) is 2. The number of nitrogens with one attached hydrogen (secondary N) is 2. The first kappa shape index (κ1) is 27.2. The highest BCUT2D eigenvalue weighted by Crippen LogP contribution is 2.34. The van der Waals surface area contributed by atoms with Crippen LogP contribution in [0, 0.1) is 5.82 Å². The van der Waals surface area contributed by atoms with Crippen molar-refractivity contribution in [1.82, 2.24) is 4.98 Å². The lowest BCUT2D eigenvalue weighted by atomic mass is 10.1. The predicted octanol–water partition coefficient (Wildman–Crippen LogP) is 6.73. The van der Waals surface area contributed by atoms with Gasteiger partial charge in [-0.25, -0.2) is 9.37 Å². The molecule has 196 valence electrons. The third kappa shape index (κ3) is 6.51. The fourth-order valence-electron chi connectivity index (χ4n) is 3.62.